The molecule has 6 nitrogen and oxygen atoms in total. The van der Waals surface area contributed by atoms with Gasteiger partial charge in [-0.05, 0) is 13.8 Å². The topological polar surface area (TPSA) is 78.9 Å². The van der Waals surface area contributed by atoms with Crippen molar-refractivity contribution in [1.29, 1.82) is 0 Å². The molecule has 7 heteroatoms. The molecule has 1 aromatic rings. The first-order valence-corrected chi connectivity index (χ1v) is 5.55. The van der Waals surface area contributed by atoms with Crippen molar-refractivity contribution in [2.24, 2.45) is 0 Å². The fraction of sp³-hybridized carbons (Fsp3) is 0.625. The van der Waals surface area contributed by atoms with Crippen molar-refractivity contribution in [3.05, 3.63) is 5.82 Å². The minimum absolute atomic E-state index is 0.146. The van der Waals surface area contributed by atoms with Crippen LogP contribution in [0.3, 0.4) is 0 Å². The van der Waals surface area contributed by atoms with Crippen LogP contribution in [0.15, 0.2) is 0 Å². The van der Waals surface area contributed by atoms with Gasteiger partial charge in [-0.15, -0.1) is 0 Å². The van der Waals surface area contributed by atoms with Crippen molar-refractivity contribution < 1.29 is 4.79 Å². The van der Waals surface area contributed by atoms with Crippen molar-refractivity contribution in [3.8, 4) is 0 Å². The highest BCUT2D eigenvalue weighted by Crippen LogP contribution is 2.08. The molecule has 0 aromatic carbocycles. The number of carbonyl (C=O) groups is 1. The number of aryl methyl sites for hydroxylation is 1. The number of nitrogens with zero attached hydrogens (tertiary/aromatic N) is 2. The zero-order chi connectivity index (χ0) is 11.1. The number of anilines is 1. The minimum Gasteiger partial charge on any atom is -0.359 e. The van der Waals surface area contributed by atoms with E-state index in [0.29, 0.717) is 19.6 Å². The number of urea groups is 1. The molecule has 2 amide bonds. The van der Waals surface area contributed by atoms with E-state index < -0.39 is 0 Å². The van der Waals surface area contributed by atoms with E-state index in [4.69, 9.17) is 0 Å². The van der Waals surface area contributed by atoms with E-state index >= 15 is 0 Å². The van der Waals surface area contributed by atoms with Crippen LogP contribution in [-0.4, -0.2) is 35.0 Å². The molecule has 0 bridgehead atoms. The summed E-state index contributed by atoms with van der Waals surface area (Å²) < 4.78 is 4.03. The lowest BCUT2D eigenvalue weighted by molar-refractivity contribution is 0.242. The fourth-order valence-corrected chi connectivity index (χ4v) is 1.54. The van der Waals surface area contributed by atoms with Crippen LogP contribution in [0.25, 0.3) is 0 Å². The van der Waals surface area contributed by atoms with Gasteiger partial charge in [0, 0.05) is 31.2 Å². The Bertz CT molecular complexity index is 314. The molecule has 0 aliphatic heterocycles. The zero-order valence-electron chi connectivity index (χ0n) is 8.83. The molecule has 0 saturated heterocycles. The quantitative estimate of drug-likeness (QED) is 0.645. The maximum Gasteiger partial charge on any atom is 0.314 e. The van der Waals surface area contributed by atoms with Crippen LogP contribution < -0.4 is 16.0 Å². The lowest BCUT2D eigenvalue weighted by atomic mass is 10.6. The summed E-state index contributed by atoms with van der Waals surface area (Å²) >= 11 is 1.32. The number of hydrogen-bond acceptors (Lipinski definition) is 5. The van der Waals surface area contributed by atoms with Crippen molar-refractivity contribution in [3.63, 3.8) is 0 Å². The molecule has 0 aliphatic rings. The zero-order valence-corrected chi connectivity index (χ0v) is 9.65. The normalized spacial score (nSPS) is 9.73. The molecule has 1 rings (SSSR count). The molecule has 0 atom stereocenters. The second-order valence-electron chi connectivity index (χ2n) is 2.86. The van der Waals surface area contributed by atoms with E-state index in [0.717, 1.165) is 11.0 Å². The van der Waals surface area contributed by atoms with Gasteiger partial charge >= 0.3 is 6.03 Å². The third kappa shape index (κ3) is 4.59. The van der Waals surface area contributed by atoms with Gasteiger partial charge in [0.2, 0.25) is 5.13 Å². The first-order chi connectivity index (χ1) is 7.22. The van der Waals surface area contributed by atoms with Gasteiger partial charge in [0.25, 0.3) is 0 Å². The Morgan fingerprint density at radius 2 is 2.20 bits per heavy atom. The van der Waals surface area contributed by atoms with Gasteiger partial charge in [-0.25, -0.2) is 9.78 Å². The van der Waals surface area contributed by atoms with Gasteiger partial charge in [0.05, 0.1) is 0 Å². The summed E-state index contributed by atoms with van der Waals surface area (Å²) in [6, 6.07) is -0.146. The van der Waals surface area contributed by atoms with Crippen molar-refractivity contribution in [2.45, 2.75) is 13.8 Å². The van der Waals surface area contributed by atoms with E-state index in [9.17, 15) is 4.79 Å². The Hall–Kier alpha value is -1.37. The molecular formula is C8H15N5OS. The van der Waals surface area contributed by atoms with Gasteiger partial charge < -0.3 is 16.0 Å². The largest absolute Gasteiger partial charge is 0.359 e. The van der Waals surface area contributed by atoms with E-state index in [-0.39, 0.29) is 6.03 Å². The summed E-state index contributed by atoms with van der Waals surface area (Å²) in [6.07, 6.45) is 0. The second kappa shape index (κ2) is 6.18. The lowest BCUT2D eigenvalue weighted by Gasteiger charge is -2.05. The lowest BCUT2D eigenvalue weighted by Crippen LogP contribution is -2.37. The predicted octanol–water partition coefficient (Wildman–Crippen LogP) is 0.578. The van der Waals surface area contributed by atoms with Crippen LogP contribution >= 0.6 is 11.5 Å². The maximum absolute atomic E-state index is 11.0. The first kappa shape index (κ1) is 11.7. The molecule has 0 radical (unpaired) electrons. The summed E-state index contributed by atoms with van der Waals surface area (Å²) in [7, 11) is 0. The average Bonchev–Trinajstić information content (AvgIpc) is 2.60. The highest BCUT2D eigenvalue weighted by molar-refractivity contribution is 7.09. The maximum atomic E-state index is 11.0. The van der Waals surface area contributed by atoms with Crippen LogP contribution in [-0.2, 0) is 0 Å². The Morgan fingerprint density at radius 1 is 1.40 bits per heavy atom. The summed E-state index contributed by atoms with van der Waals surface area (Å²) in [5.74, 6) is 0.763. The highest BCUT2D eigenvalue weighted by atomic mass is 32.1. The molecule has 3 N–H and O–H groups in total. The number of aromatic nitrogens is 2. The standard InChI is InChI=1S/C8H15N5OS/c1-3-9-7(14)10-4-5-11-8-12-6(2)13-15-8/h3-5H2,1-2H3,(H2,9,10,14)(H,11,12,13). The molecule has 15 heavy (non-hydrogen) atoms. The predicted molar refractivity (Wildman–Crippen MR) is 60.2 cm³/mol. The van der Waals surface area contributed by atoms with E-state index in [1.54, 1.807) is 0 Å². The highest BCUT2D eigenvalue weighted by Gasteiger charge is 1.99. The third-order valence-electron chi connectivity index (χ3n) is 1.55. The average molecular weight is 229 g/mol. The van der Waals surface area contributed by atoms with Crippen molar-refractivity contribution >= 4 is 22.7 Å². The van der Waals surface area contributed by atoms with Gasteiger partial charge in [-0.1, -0.05) is 0 Å². The SMILES string of the molecule is CCNC(=O)NCCNc1nc(C)ns1. The minimum atomic E-state index is -0.146. The molecule has 0 aliphatic carbocycles. The van der Waals surface area contributed by atoms with Gasteiger partial charge in [0.15, 0.2) is 0 Å². The number of carbonyl (C=O) groups excluding carboxylic acids is 1. The van der Waals surface area contributed by atoms with Crippen molar-refractivity contribution in [1.82, 2.24) is 20.0 Å². The smallest absolute Gasteiger partial charge is 0.314 e. The van der Waals surface area contributed by atoms with Gasteiger partial charge in [0.1, 0.15) is 5.82 Å². The molecule has 84 valence electrons. The van der Waals surface area contributed by atoms with Crippen LogP contribution in [0.5, 0.6) is 0 Å². The first-order valence-electron chi connectivity index (χ1n) is 4.78. The van der Waals surface area contributed by atoms with E-state index in [2.05, 4.69) is 25.3 Å². The number of amides is 2. The van der Waals surface area contributed by atoms with Crippen LogP contribution in [0.2, 0.25) is 0 Å². The van der Waals surface area contributed by atoms with Crippen LogP contribution in [0, 0.1) is 6.92 Å². The Morgan fingerprint density at radius 3 is 2.80 bits per heavy atom. The van der Waals surface area contributed by atoms with Crippen molar-refractivity contribution in [2.75, 3.05) is 25.0 Å². The number of hydrogen-bond donors (Lipinski definition) is 3. The molecule has 1 heterocycles. The Balaban J connectivity index is 2.09. The third-order valence-corrected chi connectivity index (χ3v) is 2.32. The van der Waals surface area contributed by atoms with E-state index in [1.807, 2.05) is 13.8 Å². The van der Waals surface area contributed by atoms with Gasteiger partial charge in [-0.3, -0.25) is 0 Å². The molecule has 0 fully saturated rings. The summed E-state index contributed by atoms with van der Waals surface area (Å²) in [4.78, 5) is 15.1. The monoisotopic (exact) mass is 229 g/mol. The summed E-state index contributed by atoms with van der Waals surface area (Å²) in [6.45, 7) is 5.56. The number of rotatable bonds is 5. The Labute approximate surface area is 92.7 Å². The molecule has 0 unspecified atom stereocenters. The van der Waals surface area contributed by atoms with Crippen LogP contribution in [0.1, 0.15) is 12.7 Å². The van der Waals surface area contributed by atoms with Crippen LogP contribution in [0.4, 0.5) is 9.93 Å². The molecule has 1 aromatic heterocycles. The molecular weight excluding hydrogens is 214 g/mol. The van der Waals surface area contributed by atoms with Gasteiger partial charge in [-0.2, -0.15) is 4.37 Å². The molecule has 0 spiro atoms. The fourth-order valence-electron chi connectivity index (χ4n) is 0.937. The summed E-state index contributed by atoms with van der Waals surface area (Å²) in [5, 5.41) is 9.20. The second-order valence-corrected chi connectivity index (χ2v) is 3.61. The van der Waals surface area contributed by atoms with E-state index in [1.165, 1.54) is 11.5 Å². The summed E-state index contributed by atoms with van der Waals surface area (Å²) in [5.41, 5.74) is 0. The Kier molecular flexibility index (Phi) is 4.82. The molecule has 0 saturated carbocycles. The number of nitrogens with one attached hydrogen (secondary N) is 3.